The number of carbonyl (C=O) groups excluding carboxylic acids is 2. The molecule has 3 aromatic rings. The fourth-order valence-corrected chi connectivity index (χ4v) is 3.92. The first-order valence-corrected chi connectivity index (χ1v) is 11.2. The van der Waals surface area contributed by atoms with Crippen molar-refractivity contribution in [3.8, 4) is 0 Å². The number of hydrogen-bond donors (Lipinski definition) is 3. The van der Waals surface area contributed by atoms with Crippen molar-refractivity contribution in [2.45, 2.75) is 12.8 Å². The number of H-pyrrole nitrogens is 1. The average Bonchev–Trinajstić information content (AvgIpc) is 3.30. The van der Waals surface area contributed by atoms with Crippen LogP contribution >= 0.6 is 0 Å². The summed E-state index contributed by atoms with van der Waals surface area (Å²) in [6, 6.07) is 17.1. The molecular weight excluding hydrogens is 416 g/mol. The molecule has 0 spiro atoms. The summed E-state index contributed by atoms with van der Waals surface area (Å²) in [5, 5.41) is 12.7. The number of benzene rings is 2. The van der Waals surface area contributed by atoms with Gasteiger partial charge in [-0.25, -0.2) is 0 Å². The smallest absolute Gasteiger partial charge is 0.256 e. The number of rotatable bonds is 7. The lowest BCUT2D eigenvalue weighted by atomic mass is 10.0. The van der Waals surface area contributed by atoms with Gasteiger partial charge >= 0.3 is 0 Å². The lowest BCUT2D eigenvalue weighted by Gasteiger charge is -2.34. The Bertz CT molecular complexity index is 1100. The number of amides is 2. The second-order valence-corrected chi connectivity index (χ2v) is 8.35. The van der Waals surface area contributed by atoms with Gasteiger partial charge in [0.2, 0.25) is 0 Å². The van der Waals surface area contributed by atoms with Gasteiger partial charge in [0.15, 0.2) is 5.82 Å². The van der Waals surface area contributed by atoms with E-state index in [0.717, 1.165) is 56.0 Å². The number of aryl methyl sites for hydroxylation is 2. The second kappa shape index (κ2) is 10.3. The molecule has 3 N–H and O–H groups in total. The molecule has 2 heterocycles. The number of nitrogens with one attached hydrogen (secondary N) is 3. The van der Waals surface area contributed by atoms with E-state index >= 15 is 0 Å². The van der Waals surface area contributed by atoms with Crippen molar-refractivity contribution >= 4 is 23.3 Å². The van der Waals surface area contributed by atoms with Gasteiger partial charge in [0.25, 0.3) is 11.8 Å². The van der Waals surface area contributed by atoms with Gasteiger partial charge in [-0.1, -0.05) is 12.1 Å². The largest absolute Gasteiger partial charge is 0.369 e. The van der Waals surface area contributed by atoms with Gasteiger partial charge in [-0.15, -0.1) is 0 Å². The van der Waals surface area contributed by atoms with Crippen molar-refractivity contribution in [2.75, 3.05) is 50.5 Å². The van der Waals surface area contributed by atoms with E-state index in [1.165, 1.54) is 0 Å². The molecule has 8 nitrogen and oxygen atoms in total. The van der Waals surface area contributed by atoms with Crippen molar-refractivity contribution in [3.05, 3.63) is 77.0 Å². The van der Waals surface area contributed by atoms with Crippen LogP contribution in [-0.4, -0.2) is 67.2 Å². The zero-order chi connectivity index (χ0) is 23.2. The highest BCUT2D eigenvalue weighted by Crippen LogP contribution is 2.18. The van der Waals surface area contributed by atoms with Crippen molar-refractivity contribution < 1.29 is 9.59 Å². The quantitative estimate of drug-likeness (QED) is 0.519. The summed E-state index contributed by atoms with van der Waals surface area (Å²) in [5.41, 5.74) is 4.37. The van der Waals surface area contributed by atoms with Crippen LogP contribution in [0.25, 0.3) is 0 Å². The number of aromatic nitrogens is 2. The fourth-order valence-electron chi connectivity index (χ4n) is 3.92. The summed E-state index contributed by atoms with van der Waals surface area (Å²) in [4.78, 5) is 29.1. The van der Waals surface area contributed by atoms with E-state index in [0.29, 0.717) is 16.9 Å². The molecule has 0 radical (unpaired) electrons. The highest BCUT2D eigenvalue weighted by molar-refractivity contribution is 6.04. The monoisotopic (exact) mass is 446 g/mol. The maximum atomic E-state index is 12.6. The van der Waals surface area contributed by atoms with Gasteiger partial charge in [0, 0.05) is 61.8 Å². The Balaban J connectivity index is 1.31. The molecule has 1 saturated heterocycles. The predicted molar refractivity (Wildman–Crippen MR) is 130 cm³/mol. The van der Waals surface area contributed by atoms with E-state index < -0.39 is 0 Å². The topological polar surface area (TPSA) is 93.4 Å². The minimum absolute atomic E-state index is 0.0973. The Kier molecular flexibility index (Phi) is 7.04. The number of aromatic amines is 1. The van der Waals surface area contributed by atoms with Gasteiger partial charge in [0.1, 0.15) is 0 Å². The van der Waals surface area contributed by atoms with Gasteiger partial charge in [-0.2, -0.15) is 5.10 Å². The first-order chi connectivity index (χ1) is 16.0. The highest BCUT2D eigenvalue weighted by Gasteiger charge is 2.15. The molecule has 0 aliphatic carbocycles. The molecule has 0 atom stereocenters. The predicted octanol–water partition coefficient (Wildman–Crippen LogP) is 2.56. The number of hydrogen-bond acceptors (Lipinski definition) is 5. The maximum Gasteiger partial charge on any atom is 0.256 e. The summed E-state index contributed by atoms with van der Waals surface area (Å²) in [7, 11) is 3.76. The lowest BCUT2D eigenvalue weighted by molar-refractivity contribution is 0.0962. The van der Waals surface area contributed by atoms with Crippen LogP contribution in [0.5, 0.6) is 0 Å². The molecule has 8 heteroatoms. The maximum absolute atomic E-state index is 12.6. The Morgan fingerprint density at radius 3 is 2.42 bits per heavy atom. The Hall–Kier alpha value is -3.65. The standard InChI is InChI=1S/C25H30N6O2/c1-26-24(32)20-5-3-4-18(16-20)6-9-21-17-23(29-28-21)27-25(33)19-7-10-22(11-8-19)31-14-12-30(2)13-15-31/h3-5,7-8,10-11,16-17H,6,9,12-15H2,1-2H3,(H,26,32)(H2,27,28,29,33). The molecule has 1 aliphatic heterocycles. The summed E-state index contributed by atoms with van der Waals surface area (Å²) in [6.45, 7) is 4.08. The van der Waals surface area contributed by atoms with Crippen LogP contribution < -0.4 is 15.5 Å². The molecule has 1 aliphatic rings. The number of nitrogens with zero attached hydrogens (tertiary/aromatic N) is 3. The van der Waals surface area contributed by atoms with Crippen LogP contribution in [0.1, 0.15) is 32.0 Å². The summed E-state index contributed by atoms with van der Waals surface area (Å²) < 4.78 is 0. The van der Waals surface area contributed by atoms with Gasteiger partial charge in [-0.3, -0.25) is 14.7 Å². The van der Waals surface area contributed by atoms with Crippen LogP contribution in [0.3, 0.4) is 0 Å². The number of likely N-dealkylation sites (N-methyl/N-ethyl adjacent to an activating group) is 1. The summed E-state index contributed by atoms with van der Waals surface area (Å²) in [6.07, 6.45) is 1.48. The van der Waals surface area contributed by atoms with E-state index in [-0.39, 0.29) is 11.8 Å². The molecule has 172 valence electrons. The Morgan fingerprint density at radius 2 is 1.70 bits per heavy atom. The third kappa shape index (κ3) is 5.78. The first kappa shape index (κ1) is 22.5. The molecule has 2 aromatic carbocycles. The molecule has 1 fully saturated rings. The van der Waals surface area contributed by atoms with Gasteiger partial charge in [-0.05, 0) is 61.9 Å². The molecular formula is C25H30N6O2. The molecule has 0 unspecified atom stereocenters. The zero-order valence-electron chi connectivity index (χ0n) is 19.1. The van der Waals surface area contributed by atoms with Crippen LogP contribution in [-0.2, 0) is 12.8 Å². The Labute approximate surface area is 194 Å². The lowest BCUT2D eigenvalue weighted by Crippen LogP contribution is -2.44. The Morgan fingerprint density at radius 1 is 0.939 bits per heavy atom. The SMILES string of the molecule is CNC(=O)c1cccc(CCc2cc(NC(=O)c3ccc(N4CCN(C)CC4)cc3)n[nH]2)c1. The molecule has 1 aromatic heterocycles. The van der Waals surface area contributed by atoms with E-state index in [1.807, 2.05) is 48.5 Å². The third-order valence-electron chi connectivity index (χ3n) is 5.97. The van der Waals surface area contributed by atoms with E-state index in [9.17, 15) is 9.59 Å². The van der Waals surface area contributed by atoms with Crippen LogP contribution in [0.15, 0.2) is 54.6 Å². The van der Waals surface area contributed by atoms with Crippen LogP contribution in [0.2, 0.25) is 0 Å². The molecule has 2 amide bonds. The van der Waals surface area contributed by atoms with Crippen molar-refractivity contribution in [1.82, 2.24) is 20.4 Å². The van der Waals surface area contributed by atoms with Crippen molar-refractivity contribution in [2.24, 2.45) is 0 Å². The van der Waals surface area contributed by atoms with Gasteiger partial charge < -0.3 is 20.4 Å². The minimum Gasteiger partial charge on any atom is -0.369 e. The number of carbonyl (C=O) groups is 2. The first-order valence-electron chi connectivity index (χ1n) is 11.2. The molecule has 4 rings (SSSR count). The van der Waals surface area contributed by atoms with E-state index in [4.69, 9.17) is 0 Å². The number of piperazine rings is 1. The van der Waals surface area contributed by atoms with Crippen molar-refractivity contribution in [3.63, 3.8) is 0 Å². The number of anilines is 2. The zero-order valence-corrected chi connectivity index (χ0v) is 19.1. The molecule has 0 saturated carbocycles. The molecule has 33 heavy (non-hydrogen) atoms. The normalized spacial score (nSPS) is 14.2. The summed E-state index contributed by atoms with van der Waals surface area (Å²) in [5.74, 6) is 0.216. The third-order valence-corrected chi connectivity index (χ3v) is 5.97. The highest BCUT2D eigenvalue weighted by atomic mass is 16.2. The average molecular weight is 447 g/mol. The van der Waals surface area contributed by atoms with Gasteiger partial charge in [0.05, 0.1) is 0 Å². The summed E-state index contributed by atoms with van der Waals surface area (Å²) >= 11 is 0. The van der Waals surface area contributed by atoms with Crippen molar-refractivity contribution in [1.29, 1.82) is 0 Å². The van der Waals surface area contributed by atoms with Crippen LogP contribution in [0, 0.1) is 0 Å². The van der Waals surface area contributed by atoms with Crippen LogP contribution in [0.4, 0.5) is 11.5 Å². The minimum atomic E-state index is -0.184. The fraction of sp³-hybridized carbons (Fsp3) is 0.320. The van der Waals surface area contributed by atoms with E-state index in [2.05, 4.69) is 37.7 Å². The second-order valence-electron chi connectivity index (χ2n) is 8.35. The molecule has 0 bridgehead atoms. The van der Waals surface area contributed by atoms with E-state index in [1.54, 1.807) is 13.1 Å².